The zero-order chi connectivity index (χ0) is 14.8. The molecule has 0 radical (unpaired) electrons. The SMILES string of the molecule is CC(C)(C)OC(=O)N[C@@H](Cc1cccc(F)c1)C1CO1. The van der Waals surface area contributed by atoms with Crippen LogP contribution in [0.2, 0.25) is 0 Å². The Bertz CT molecular complexity index is 480. The third-order valence-corrected chi connectivity index (χ3v) is 2.85. The largest absolute Gasteiger partial charge is 0.444 e. The Kier molecular flexibility index (Phi) is 4.28. The van der Waals surface area contributed by atoms with Crippen LogP contribution in [0.1, 0.15) is 26.3 Å². The number of hydrogen-bond donors (Lipinski definition) is 1. The summed E-state index contributed by atoms with van der Waals surface area (Å²) in [7, 11) is 0. The summed E-state index contributed by atoms with van der Waals surface area (Å²) in [5.41, 5.74) is 0.277. The zero-order valence-electron chi connectivity index (χ0n) is 12.0. The van der Waals surface area contributed by atoms with Gasteiger partial charge in [-0.05, 0) is 44.9 Å². The molecule has 1 heterocycles. The van der Waals surface area contributed by atoms with E-state index < -0.39 is 11.7 Å². The average Bonchev–Trinajstić information content (AvgIpc) is 3.09. The van der Waals surface area contributed by atoms with Gasteiger partial charge in [0.2, 0.25) is 0 Å². The average molecular weight is 281 g/mol. The van der Waals surface area contributed by atoms with E-state index in [0.29, 0.717) is 13.0 Å². The summed E-state index contributed by atoms with van der Waals surface area (Å²) in [5, 5.41) is 2.79. The number of rotatable bonds is 4. The van der Waals surface area contributed by atoms with Crippen LogP contribution >= 0.6 is 0 Å². The molecule has 2 rings (SSSR count). The monoisotopic (exact) mass is 281 g/mol. The van der Waals surface area contributed by atoms with Crippen LogP contribution in [0.5, 0.6) is 0 Å². The number of epoxide rings is 1. The summed E-state index contributed by atoms with van der Waals surface area (Å²) < 4.78 is 23.6. The fourth-order valence-corrected chi connectivity index (χ4v) is 1.94. The molecule has 0 spiro atoms. The van der Waals surface area contributed by atoms with E-state index in [4.69, 9.17) is 9.47 Å². The highest BCUT2D eigenvalue weighted by Crippen LogP contribution is 2.19. The van der Waals surface area contributed by atoms with Gasteiger partial charge in [-0.15, -0.1) is 0 Å². The minimum absolute atomic E-state index is 0.0224. The molecule has 1 aliphatic rings. The van der Waals surface area contributed by atoms with Crippen LogP contribution in [0.3, 0.4) is 0 Å². The molecule has 1 aliphatic heterocycles. The number of amides is 1. The fourth-order valence-electron chi connectivity index (χ4n) is 1.94. The molecule has 2 atom stereocenters. The Morgan fingerprint density at radius 3 is 2.80 bits per heavy atom. The third kappa shape index (κ3) is 4.81. The van der Waals surface area contributed by atoms with Crippen LogP contribution < -0.4 is 5.32 Å². The number of carbonyl (C=O) groups excluding carboxylic acids is 1. The molecule has 20 heavy (non-hydrogen) atoms. The summed E-state index contributed by atoms with van der Waals surface area (Å²) in [4.78, 5) is 11.8. The van der Waals surface area contributed by atoms with Gasteiger partial charge in [0.1, 0.15) is 17.5 Å². The van der Waals surface area contributed by atoms with Crippen LogP contribution in [0.4, 0.5) is 9.18 Å². The third-order valence-electron chi connectivity index (χ3n) is 2.85. The van der Waals surface area contributed by atoms with E-state index in [-0.39, 0.29) is 18.0 Å². The normalized spacial score (nSPS) is 19.3. The van der Waals surface area contributed by atoms with Gasteiger partial charge in [0.05, 0.1) is 12.6 Å². The lowest BCUT2D eigenvalue weighted by atomic mass is 10.0. The van der Waals surface area contributed by atoms with Gasteiger partial charge in [-0.25, -0.2) is 9.18 Å². The molecule has 0 aliphatic carbocycles. The Labute approximate surface area is 118 Å². The lowest BCUT2D eigenvalue weighted by Gasteiger charge is -2.23. The van der Waals surface area contributed by atoms with E-state index in [1.54, 1.807) is 6.07 Å². The molecule has 1 amide bonds. The lowest BCUT2D eigenvalue weighted by Crippen LogP contribution is -2.43. The standard InChI is InChI=1S/C15H20FNO3/c1-15(2,3)20-14(18)17-12(13-9-19-13)8-10-5-4-6-11(16)7-10/h4-7,12-13H,8-9H2,1-3H3,(H,17,18)/t12-,13?/m0/s1. The molecular formula is C15H20FNO3. The van der Waals surface area contributed by atoms with Gasteiger partial charge in [-0.1, -0.05) is 12.1 Å². The van der Waals surface area contributed by atoms with Gasteiger partial charge in [0.15, 0.2) is 0 Å². The van der Waals surface area contributed by atoms with Crippen molar-refractivity contribution in [3.8, 4) is 0 Å². The molecular weight excluding hydrogens is 261 g/mol. The molecule has 1 fully saturated rings. The van der Waals surface area contributed by atoms with Crippen LogP contribution in [0, 0.1) is 5.82 Å². The van der Waals surface area contributed by atoms with Crippen molar-refractivity contribution >= 4 is 6.09 Å². The molecule has 1 N–H and O–H groups in total. The minimum atomic E-state index is -0.544. The van der Waals surface area contributed by atoms with Crippen molar-refractivity contribution in [1.29, 1.82) is 0 Å². The van der Waals surface area contributed by atoms with Crippen LogP contribution in [-0.2, 0) is 15.9 Å². The summed E-state index contributed by atoms with van der Waals surface area (Å²) in [5.74, 6) is -0.282. The van der Waals surface area contributed by atoms with Gasteiger partial charge in [-0.3, -0.25) is 0 Å². The fraction of sp³-hybridized carbons (Fsp3) is 0.533. The van der Waals surface area contributed by atoms with E-state index in [0.717, 1.165) is 5.56 Å². The van der Waals surface area contributed by atoms with Crippen LogP contribution in [0.25, 0.3) is 0 Å². The number of halogens is 1. The van der Waals surface area contributed by atoms with Gasteiger partial charge >= 0.3 is 6.09 Å². The van der Waals surface area contributed by atoms with E-state index in [2.05, 4.69) is 5.32 Å². The van der Waals surface area contributed by atoms with Crippen molar-refractivity contribution in [3.63, 3.8) is 0 Å². The smallest absolute Gasteiger partial charge is 0.407 e. The molecule has 5 heteroatoms. The van der Waals surface area contributed by atoms with Gasteiger partial charge < -0.3 is 14.8 Å². The molecule has 1 aromatic rings. The minimum Gasteiger partial charge on any atom is -0.444 e. The number of benzene rings is 1. The van der Waals surface area contributed by atoms with Gasteiger partial charge in [0.25, 0.3) is 0 Å². The summed E-state index contributed by atoms with van der Waals surface area (Å²) in [6.07, 6.45) is 0.0157. The molecule has 1 unspecified atom stereocenters. The Morgan fingerprint density at radius 1 is 1.55 bits per heavy atom. The first-order chi connectivity index (χ1) is 9.33. The molecule has 0 aromatic heterocycles. The van der Waals surface area contributed by atoms with E-state index in [9.17, 15) is 9.18 Å². The van der Waals surface area contributed by atoms with Crippen LogP contribution in [0.15, 0.2) is 24.3 Å². The second kappa shape index (κ2) is 5.79. The van der Waals surface area contributed by atoms with Crippen LogP contribution in [-0.4, -0.2) is 30.4 Å². The predicted molar refractivity (Wildman–Crippen MR) is 73.0 cm³/mol. The second-order valence-corrected chi connectivity index (χ2v) is 5.96. The van der Waals surface area contributed by atoms with Crippen molar-refractivity contribution in [1.82, 2.24) is 5.32 Å². The maximum Gasteiger partial charge on any atom is 0.407 e. The molecule has 110 valence electrons. The quantitative estimate of drug-likeness (QED) is 0.863. The summed E-state index contributed by atoms with van der Waals surface area (Å²) >= 11 is 0. The molecule has 0 saturated carbocycles. The highest BCUT2D eigenvalue weighted by atomic mass is 19.1. The molecule has 1 aromatic carbocycles. The van der Waals surface area contributed by atoms with E-state index in [1.807, 2.05) is 26.8 Å². The van der Waals surface area contributed by atoms with E-state index >= 15 is 0 Å². The van der Waals surface area contributed by atoms with Gasteiger partial charge in [-0.2, -0.15) is 0 Å². The van der Waals surface area contributed by atoms with Crippen molar-refractivity contribution in [3.05, 3.63) is 35.6 Å². The highest BCUT2D eigenvalue weighted by molar-refractivity contribution is 5.68. The van der Waals surface area contributed by atoms with E-state index in [1.165, 1.54) is 12.1 Å². The highest BCUT2D eigenvalue weighted by Gasteiger charge is 2.34. The zero-order valence-corrected chi connectivity index (χ0v) is 12.0. The second-order valence-electron chi connectivity index (χ2n) is 5.96. The molecule has 4 nitrogen and oxygen atoms in total. The van der Waals surface area contributed by atoms with Crippen molar-refractivity contribution in [2.24, 2.45) is 0 Å². The molecule has 0 bridgehead atoms. The van der Waals surface area contributed by atoms with Gasteiger partial charge in [0, 0.05) is 0 Å². The van der Waals surface area contributed by atoms with Crippen molar-refractivity contribution in [2.75, 3.05) is 6.61 Å². The first kappa shape index (κ1) is 14.8. The van der Waals surface area contributed by atoms with Crippen molar-refractivity contribution < 1.29 is 18.7 Å². The Morgan fingerprint density at radius 2 is 2.25 bits per heavy atom. The summed E-state index contributed by atoms with van der Waals surface area (Å²) in [6.45, 7) is 6.03. The lowest BCUT2D eigenvalue weighted by molar-refractivity contribution is 0.0495. The first-order valence-electron chi connectivity index (χ1n) is 6.69. The van der Waals surface area contributed by atoms with Crippen molar-refractivity contribution in [2.45, 2.75) is 44.9 Å². The number of nitrogens with one attached hydrogen (secondary N) is 1. The molecule has 1 saturated heterocycles. The number of ether oxygens (including phenoxy) is 2. The first-order valence-corrected chi connectivity index (χ1v) is 6.69. The Balaban J connectivity index is 1.96. The maximum atomic E-state index is 13.2. The maximum absolute atomic E-state index is 13.2. The number of hydrogen-bond acceptors (Lipinski definition) is 3. The topological polar surface area (TPSA) is 50.9 Å². The number of alkyl carbamates (subject to hydrolysis) is 1. The predicted octanol–water partition coefficient (Wildman–Crippen LogP) is 2.66. The summed E-state index contributed by atoms with van der Waals surface area (Å²) in [6, 6.07) is 6.14. The number of carbonyl (C=O) groups is 1. The Hall–Kier alpha value is -1.62.